The molecule has 1 unspecified atom stereocenters. The molecule has 134 valence electrons. The molecule has 1 fully saturated rings. The fourth-order valence-electron chi connectivity index (χ4n) is 3.10. The molecule has 1 saturated heterocycles. The quantitative estimate of drug-likeness (QED) is 0.615. The Kier molecular flexibility index (Phi) is 4.40. The monoisotopic (exact) mass is 415 g/mol. The van der Waals surface area contributed by atoms with Gasteiger partial charge in [0.25, 0.3) is 5.89 Å². The maximum atomic E-state index is 12.5. The highest BCUT2D eigenvalue weighted by Crippen LogP contribution is 2.32. The first-order valence-electron chi connectivity index (χ1n) is 8.51. The van der Waals surface area contributed by atoms with Gasteiger partial charge in [0.15, 0.2) is 16.3 Å². The summed E-state index contributed by atoms with van der Waals surface area (Å²) in [5, 5.41) is 4.04. The van der Waals surface area contributed by atoms with Crippen LogP contribution in [0.1, 0.15) is 43.5 Å². The van der Waals surface area contributed by atoms with Gasteiger partial charge in [-0.1, -0.05) is 31.1 Å². The number of anilines is 1. The molecule has 3 heterocycles. The van der Waals surface area contributed by atoms with Crippen molar-refractivity contribution in [1.82, 2.24) is 10.1 Å². The third-order valence-corrected chi connectivity index (χ3v) is 5.01. The zero-order valence-corrected chi connectivity index (χ0v) is 16.1. The highest BCUT2D eigenvalue weighted by Gasteiger charge is 2.34. The van der Waals surface area contributed by atoms with Crippen molar-refractivity contribution in [3.8, 4) is 11.7 Å². The Balaban J connectivity index is 1.52. The molecule has 2 aromatic heterocycles. The van der Waals surface area contributed by atoms with Crippen molar-refractivity contribution in [2.45, 2.75) is 32.1 Å². The number of carbonyl (C=O) groups is 1. The van der Waals surface area contributed by atoms with Gasteiger partial charge in [0.05, 0.1) is 0 Å². The van der Waals surface area contributed by atoms with Crippen LogP contribution >= 0.6 is 15.9 Å². The molecule has 1 aliphatic heterocycles. The van der Waals surface area contributed by atoms with Crippen LogP contribution in [0.2, 0.25) is 0 Å². The maximum absolute atomic E-state index is 12.5. The van der Waals surface area contributed by atoms with Crippen LogP contribution in [0.4, 0.5) is 5.69 Å². The average molecular weight is 416 g/mol. The molecule has 1 amide bonds. The Hall–Kier alpha value is -2.41. The van der Waals surface area contributed by atoms with Crippen molar-refractivity contribution in [3.63, 3.8) is 0 Å². The summed E-state index contributed by atoms with van der Waals surface area (Å²) in [5.41, 5.74) is 2.16. The van der Waals surface area contributed by atoms with Crippen LogP contribution in [-0.2, 0) is 4.79 Å². The number of benzene rings is 1. The standard InChI is InChI=1S/C19H18BrN3O3/c1-11(2)12-3-5-14(6-4-12)23-10-13(9-17(23)24)18-21-19(26-22-18)15-7-8-16(20)25-15/h3-8,11,13H,9-10H2,1-2H3. The summed E-state index contributed by atoms with van der Waals surface area (Å²) in [7, 11) is 0. The van der Waals surface area contributed by atoms with Crippen LogP contribution in [0.15, 0.2) is 50.0 Å². The van der Waals surface area contributed by atoms with Crippen molar-refractivity contribution in [2.75, 3.05) is 11.4 Å². The lowest BCUT2D eigenvalue weighted by molar-refractivity contribution is -0.117. The lowest BCUT2D eigenvalue weighted by atomic mass is 10.0. The highest BCUT2D eigenvalue weighted by atomic mass is 79.9. The van der Waals surface area contributed by atoms with E-state index in [2.05, 4.69) is 52.1 Å². The molecule has 0 bridgehead atoms. The van der Waals surface area contributed by atoms with E-state index in [0.717, 1.165) is 5.69 Å². The summed E-state index contributed by atoms with van der Waals surface area (Å²) in [6.07, 6.45) is 0.368. The summed E-state index contributed by atoms with van der Waals surface area (Å²) in [4.78, 5) is 18.7. The first-order chi connectivity index (χ1) is 12.5. The largest absolute Gasteiger partial charge is 0.444 e. The van der Waals surface area contributed by atoms with Gasteiger partial charge >= 0.3 is 0 Å². The second-order valence-electron chi connectivity index (χ2n) is 6.71. The Morgan fingerprint density at radius 1 is 1.19 bits per heavy atom. The van der Waals surface area contributed by atoms with Gasteiger partial charge < -0.3 is 13.8 Å². The number of amides is 1. The minimum absolute atomic E-state index is 0.0689. The lowest BCUT2D eigenvalue weighted by Gasteiger charge is -2.17. The average Bonchev–Trinajstić information content (AvgIpc) is 3.34. The third-order valence-electron chi connectivity index (χ3n) is 4.59. The molecule has 26 heavy (non-hydrogen) atoms. The number of carbonyl (C=O) groups excluding carboxylic acids is 1. The molecule has 1 aliphatic rings. The molecule has 0 radical (unpaired) electrons. The van der Waals surface area contributed by atoms with E-state index in [-0.39, 0.29) is 11.8 Å². The van der Waals surface area contributed by atoms with Gasteiger partial charge in [-0.05, 0) is 51.7 Å². The van der Waals surface area contributed by atoms with Gasteiger partial charge in [0.1, 0.15) is 0 Å². The van der Waals surface area contributed by atoms with Crippen molar-refractivity contribution in [2.24, 2.45) is 0 Å². The SMILES string of the molecule is CC(C)c1ccc(N2CC(c3noc(-c4ccc(Br)o4)n3)CC2=O)cc1. The van der Waals surface area contributed by atoms with E-state index < -0.39 is 0 Å². The zero-order valence-electron chi connectivity index (χ0n) is 14.5. The second-order valence-corrected chi connectivity index (χ2v) is 7.49. The summed E-state index contributed by atoms with van der Waals surface area (Å²) < 4.78 is 11.3. The van der Waals surface area contributed by atoms with Gasteiger partial charge in [-0.3, -0.25) is 4.79 Å². The Morgan fingerprint density at radius 3 is 2.62 bits per heavy atom. The second kappa shape index (κ2) is 6.72. The van der Waals surface area contributed by atoms with E-state index in [9.17, 15) is 4.79 Å². The molecular formula is C19H18BrN3O3. The molecule has 0 N–H and O–H groups in total. The van der Waals surface area contributed by atoms with Crippen molar-refractivity contribution >= 4 is 27.5 Å². The van der Waals surface area contributed by atoms with Crippen LogP contribution in [0.3, 0.4) is 0 Å². The van der Waals surface area contributed by atoms with Crippen LogP contribution in [0.5, 0.6) is 0 Å². The number of furan rings is 1. The van der Waals surface area contributed by atoms with E-state index in [1.54, 1.807) is 17.0 Å². The number of nitrogens with zero attached hydrogens (tertiary/aromatic N) is 3. The van der Waals surface area contributed by atoms with Crippen LogP contribution in [-0.4, -0.2) is 22.6 Å². The highest BCUT2D eigenvalue weighted by molar-refractivity contribution is 9.10. The van der Waals surface area contributed by atoms with E-state index in [1.807, 2.05) is 12.1 Å². The van der Waals surface area contributed by atoms with Crippen LogP contribution < -0.4 is 4.90 Å². The molecule has 6 nitrogen and oxygen atoms in total. The summed E-state index contributed by atoms with van der Waals surface area (Å²) >= 11 is 3.25. The molecular weight excluding hydrogens is 398 g/mol. The number of hydrogen-bond donors (Lipinski definition) is 0. The first-order valence-corrected chi connectivity index (χ1v) is 9.30. The molecule has 1 atom stereocenters. The Bertz CT molecular complexity index is 930. The maximum Gasteiger partial charge on any atom is 0.293 e. The fraction of sp³-hybridized carbons (Fsp3) is 0.316. The van der Waals surface area contributed by atoms with Gasteiger partial charge in [0, 0.05) is 24.6 Å². The smallest absolute Gasteiger partial charge is 0.293 e. The first kappa shape index (κ1) is 17.0. The fourth-order valence-corrected chi connectivity index (χ4v) is 3.41. The molecule has 0 saturated carbocycles. The normalized spacial score (nSPS) is 17.5. The molecule has 1 aromatic carbocycles. The molecule has 0 spiro atoms. The number of hydrogen-bond acceptors (Lipinski definition) is 5. The van der Waals surface area contributed by atoms with Gasteiger partial charge in [-0.25, -0.2) is 0 Å². The van der Waals surface area contributed by atoms with E-state index >= 15 is 0 Å². The topological polar surface area (TPSA) is 72.4 Å². The number of halogens is 1. The Morgan fingerprint density at radius 2 is 1.96 bits per heavy atom. The van der Waals surface area contributed by atoms with Crippen molar-refractivity contribution in [1.29, 1.82) is 0 Å². The van der Waals surface area contributed by atoms with Gasteiger partial charge in [0.2, 0.25) is 5.91 Å². The predicted molar refractivity (Wildman–Crippen MR) is 99.9 cm³/mol. The minimum Gasteiger partial charge on any atom is -0.444 e. The molecule has 7 heteroatoms. The van der Waals surface area contributed by atoms with Gasteiger partial charge in [-0.2, -0.15) is 4.98 Å². The zero-order chi connectivity index (χ0) is 18.3. The summed E-state index contributed by atoms with van der Waals surface area (Å²) in [6, 6.07) is 11.7. The van der Waals surface area contributed by atoms with Crippen molar-refractivity contribution < 1.29 is 13.7 Å². The number of rotatable bonds is 4. The van der Waals surface area contributed by atoms with Crippen molar-refractivity contribution in [3.05, 3.63) is 52.5 Å². The van der Waals surface area contributed by atoms with Crippen LogP contribution in [0, 0.1) is 0 Å². The lowest BCUT2D eigenvalue weighted by Crippen LogP contribution is -2.24. The van der Waals surface area contributed by atoms with E-state index in [4.69, 9.17) is 8.94 Å². The van der Waals surface area contributed by atoms with Crippen LogP contribution in [0.25, 0.3) is 11.7 Å². The summed E-state index contributed by atoms with van der Waals surface area (Å²) in [5.74, 6) is 1.79. The number of aromatic nitrogens is 2. The molecule has 0 aliphatic carbocycles. The predicted octanol–water partition coefficient (Wildman–Crippen LogP) is 4.74. The van der Waals surface area contributed by atoms with E-state index in [0.29, 0.717) is 41.0 Å². The molecule has 4 rings (SSSR count). The molecule has 3 aromatic rings. The third kappa shape index (κ3) is 3.19. The Labute approximate surface area is 159 Å². The minimum atomic E-state index is -0.0943. The van der Waals surface area contributed by atoms with E-state index in [1.165, 1.54) is 5.56 Å². The summed E-state index contributed by atoms with van der Waals surface area (Å²) in [6.45, 7) is 4.84. The van der Waals surface area contributed by atoms with Gasteiger partial charge in [-0.15, -0.1) is 0 Å².